The van der Waals surface area contributed by atoms with Crippen molar-refractivity contribution in [1.82, 2.24) is 19.5 Å². The van der Waals surface area contributed by atoms with Crippen molar-refractivity contribution in [2.45, 2.75) is 12.8 Å². The predicted molar refractivity (Wildman–Crippen MR) is 116 cm³/mol. The van der Waals surface area contributed by atoms with Gasteiger partial charge >= 0.3 is 0 Å². The number of nitrogens with zero attached hydrogens (tertiary/aromatic N) is 4. The minimum absolute atomic E-state index is 0.646. The number of anilines is 1. The predicted octanol–water partition coefficient (Wildman–Crippen LogP) is 3.74. The highest BCUT2D eigenvalue weighted by Gasteiger charge is 2.18. The topological polar surface area (TPSA) is 45.5 Å². The Labute approximate surface area is 166 Å². The maximum atomic E-state index is 6.44. The molecular formula is C20H25ClN5P. The van der Waals surface area contributed by atoms with Crippen molar-refractivity contribution in [3.63, 3.8) is 0 Å². The lowest BCUT2D eigenvalue weighted by Gasteiger charge is -2.30. The molecule has 0 spiro atoms. The summed E-state index contributed by atoms with van der Waals surface area (Å²) in [6, 6.07) is 9.94. The van der Waals surface area contributed by atoms with Gasteiger partial charge in [-0.25, -0.2) is 4.98 Å². The first-order valence-corrected chi connectivity index (χ1v) is 11.3. The van der Waals surface area contributed by atoms with Gasteiger partial charge in [0.05, 0.1) is 11.9 Å². The third kappa shape index (κ3) is 3.96. The second kappa shape index (κ2) is 8.14. The summed E-state index contributed by atoms with van der Waals surface area (Å²) in [5.74, 6) is 1.63. The molecule has 2 atom stereocenters. The van der Waals surface area contributed by atoms with Crippen LogP contribution in [-0.2, 0) is 0 Å². The number of aromatic nitrogens is 3. The second-order valence-corrected chi connectivity index (χ2v) is 8.65. The second-order valence-electron chi connectivity index (χ2n) is 7.20. The third-order valence-electron chi connectivity index (χ3n) is 5.18. The van der Waals surface area contributed by atoms with Crippen molar-refractivity contribution in [2.75, 3.05) is 38.7 Å². The highest BCUT2D eigenvalue weighted by atomic mass is 35.5. The van der Waals surface area contributed by atoms with Crippen molar-refractivity contribution in [2.24, 2.45) is 5.92 Å². The zero-order valence-corrected chi connectivity index (χ0v) is 17.5. The summed E-state index contributed by atoms with van der Waals surface area (Å²) in [7, 11) is 2.85. The van der Waals surface area contributed by atoms with E-state index >= 15 is 0 Å². The summed E-state index contributed by atoms with van der Waals surface area (Å²) < 4.78 is 1.93. The van der Waals surface area contributed by atoms with Crippen molar-refractivity contribution in [3.05, 3.63) is 41.6 Å². The van der Waals surface area contributed by atoms with E-state index in [1.54, 1.807) is 0 Å². The van der Waals surface area contributed by atoms with E-state index in [2.05, 4.69) is 35.1 Å². The van der Waals surface area contributed by atoms with Gasteiger partial charge in [0.1, 0.15) is 5.82 Å². The minimum Gasteiger partial charge on any atom is -0.370 e. The van der Waals surface area contributed by atoms with Gasteiger partial charge in [-0.05, 0) is 45.1 Å². The molecule has 1 aliphatic rings. The molecule has 27 heavy (non-hydrogen) atoms. The van der Waals surface area contributed by atoms with Gasteiger partial charge in [-0.2, -0.15) is 9.61 Å². The Balaban J connectivity index is 1.70. The molecule has 2 aromatic heterocycles. The summed E-state index contributed by atoms with van der Waals surface area (Å²) >= 11 is 6.44. The molecule has 3 heterocycles. The Hall–Kier alpha value is -1.68. The Bertz CT molecular complexity index is 941. The van der Waals surface area contributed by atoms with Gasteiger partial charge in [-0.15, -0.1) is 0 Å². The Morgan fingerprint density at radius 1 is 1.33 bits per heavy atom. The molecule has 1 N–H and O–H groups in total. The lowest BCUT2D eigenvalue weighted by molar-refractivity contribution is 0.217. The molecule has 0 bridgehead atoms. The summed E-state index contributed by atoms with van der Waals surface area (Å²) in [6.45, 7) is 5.44. The van der Waals surface area contributed by atoms with Crippen LogP contribution in [0, 0.1) is 5.92 Å². The fraction of sp³-hybridized carbons (Fsp3) is 0.400. The van der Waals surface area contributed by atoms with E-state index in [1.807, 2.05) is 35.0 Å². The SMILES string of the molecule is CPc1cnn2c(NCC3CCCN(C)C3)cc(-c3ccccc3Cl)nc12. The zero-order chi connectivity index (χ0) is 18.8. The standard InChI is InChI=1S/C20H25ClN5P/c1-25-9-5-6-14(13-25)11-22-19-10-17(15-7-3-4-8-16(15)21)24-20-18(27-2)12-23-26(19)20/h3-4,7-8,10,12,14,22,27H,5-6,9,11,13H2,1-2H3. The van der Waals surface area contributed by atoms with Crippen LogP contribution in [0.4, 0.5) is 5.82 Å². The summed E-state index contributed by atoms with van der Waals surface area (Å²) in [5, 5.41) is 10.1. The van der Waals surface area contributed by atoms with E-state index < -0.39 is 0 Å². The number of likely N-dealkylation sites (tertiary alicyclic amines) is 1. The van der Waals surface area contributed by atoms with Crippen molar-refractivity contribution < 1.29 is 0 Å². The molecule has 0 aliphatic carbocycles. The summed E-state index contributed by atoms with van der Waals surface area (Å²) in [4.78, 5) is 7.29. The molecule has 1 fully saturated rings. The first-order chi connectivity index (χ1) is 13.2. The van der Waals surface area contributed by atoms with Gasteiger partial charge in [0.25, 0.3) is 0 Å². The van der Waals surface area contributed by atoms with Crippen molar-refractivity contribution in [1.29, 1.82) is 0 Å². The Morgan fingerprint density at radius 3 is 2.96 bits per heavy atom. The van der Waals surface area contributed by atoms with Gasteiger partial charge in [0.2, 0.25) is 0 Å². The number of nitrogens with one attached hydrogen (secondary N) is 1. The van der Waals surface area contributed by atoms with Crippen LogP contribution in [0.5, 0.6) is 0 Å². The average molecular weight is 402 g/mol. The molecule has 1 aromatic carbocycles. The van der Waals surface area contributed by atoms with Crippen LogP contribution in [0.1, 0.15) is 12.8 Å². The highest BCUT2D eigenvalue weighted by molar-refractivity contribution is 7.46. The van der Waals surface area contributed by atoms with Crippen LogP contribution < -0.4 is 10.6 Å². The molecular weight excluding hydrogens is 377 g/mol. The lowest BCUT2D eigenvalue weighted by atomic mass is 9.98. The fourth-order valence-corrected chi connectivity index (χ4v) is 4.57. The van der Waals surface area contributed by atoms with Crippen molar-refractivity contribution in [3.8, 4) is 11.3 Å². The molecule has 1 saturated heterocycles. The molecule has 0 radical (unpaired) electrons. The van der Waals surface area contributed by atoms with Crippen LogP contribution in [0.2, 0.25) is 5.02 Å². The molecule has 0 amide bonds. The van der Waals surface area contributed by atoms with Crippen molar-refractivity contribution >= 4 is 37.0 Å². The number of fused-ring (bicyclic) bond motifs is 1. The molecule has 3 aromatic rings. The quantitative estimate of drug-likeness (QED) is 0.661. The molecule has 1 aliphatic heterocycles. The number of halogens is 1. The molecule has 2 unspecified atom stereocenters. The summed E-state index contributed by atoms with van der Waals surface area (Å²) in [6.07, 6.45) is 4.46. The monoisotopic (exact) mass is 401 g/mol. The number of benzene rings is 1. The Kier molecular flexibility index (Phi) is 5.63. The Morgan fingerprint density at radius 2 is 2.19 bits per heavy atom. The largest absolute Gasteiger partial charge is 0.370 e. The number of rotatable bonds is 5. The van der Waals surface area contributed by atoms with E-state index in [0.29, 0.717) is 19.5 Å². The molecule has 7 heteroatoms. The highest BCUT2D eigenvalue weighted by Crippen LogP contribution is 2.29. The van der Waals surface area contributed by atoms with Gasteiger partial charge in [-0.1, -0.05) is 38.4 Å². The van der Waals surface area contributed by atoms with Crippen LogP contribution in [0.15, 0.2) is 36.5 Å². The number of hydrogen-bond donors (Lipinski definition) is 1. The van der Waals surface area contributed by atoms with E-state index in [1.165, 1.54) is 24.7 Å². The van der Waals surface area contributed by atoms with Crippen LogP contribution in [-0.4, -0.2) is 52.8 Å². The normalized spacial score (nSPS) is 18.6. The minimum atomic E-state index is 0.646. The van der Waals surface area contributed by atoms with Gasteiger partial charge < -0.3 is 10.2 Å². The fourth-order valence-electron chi connectivity index (χ4n) is 3.76. The van der Waals surface area contributed by atoms with Crippen LogP contribution >= 0.6 is 20.2 Å². The van der Waals surface area contributed by atoms with E-state index in [4.69, 9.17) is 16.6 Å². The first kappa shape index (κ1) is 18.7. The van der Waals surface area contributed by atoms with E-state index in [-0.39, 0.29) is 0 Å². The lowest BCUT2D eigenvalue weighted by Crippen LogP contribution is -2.35. The maximum absolute atomic E-state index is 6.44. The molecule has 0 saturated carbocycles. The first-order valence-electron chi connectivity index (χ1n) is 9.39. The smallest absolute Gasteiger partial charge is 0.165 e. The van der Waals surface area contributed by atoms with Crippen LogP contribution in [0.25, 0.3) is 16.9 Å². The van der Waals surface area contributed by atoms with Crippen LogP contribution in [0.3, 0.4) is 0 Å². The van der Waals surface area contributed by atoms with Gasteiger partial charge in [-0.3, -0.25) is 0 Å². The maximum Gasteiger partial charge on any atom is 0.165 e. The number of piperidine rings is 1. The molecule has 142 valence electrons. The third-order valence-corrected chi connectivity index (χ3v) is 6.41. The number of hydrogen-bond acceptors (Lipinski definition) is 4. The van der Waals surface area contributed by atoms with E-state index in [9.17, 15) is 0 Å². The zero-order valence-electron chi connectivity index (χ0n) is 15.7. The van der Waals surface area contributed by atoms with Gasteiger partial charge in [0.15, 0.2) is 5.65 Å². The molecule has 5 nitrogen and oxygen atoms in total. The van der Waals surface area contributed by atoms with E-state index in [0.717, 1.165) is 35.8 Å². The van der Waals surface area contributed by atoms with Gasteiger partial charge in [0, 0.05) is 35.0 Å². The summed E-state index contributed by atoms with van der Waals surface area (Å²) in [5.41, 5.74) is 2.75. The molecule has 4 rings (SSSR count). The average Bonchev–Trinajstić information content (AvgIpc) is 3.09.